The number of thioether (sulfide) groups is 1. The molecule has 2 rings (SSSR count). The molecule has 1 aromatic rings. The van der Waals surface area contributed by atoms with Gasteiger partial charge >= 0.3 is 0 Å². The average Bonchev–Trinajstić information content (AvgIpc) is 2.87. The van der Waals surface area contributed by atoms with Gasteiger partial charge in [-0.05, 0) is 23.6 Å². The molecule has 0 unspecified atom stereocenters. The Labute approximate surface area is 159 Å². The second-order valence-electron chi connectivity index (χ2n) is 7.69. The number of carbonyl (C=O) groups excluding carboxylic acids is 3. The van der Waals surface area contributed by atoms with Crippen LogP contribution >= 0.6 is 11.8 Å². The Kier molecular flexibility index (Phi) is 6.29. The molecule has 1 heterocycles. The first-order valence-electron chi connectivity index (χ1n) is 8.67. The van der Waals surface area contributed by atoms with E-state index in [-0.39, 0.29) is 29.9 Å². The third kappa shape index (κ3) is 5.21. The molecule has 2 amide bonds. The fourth-order valence-electron chi connectivity index (χ4n) is 2.32. The molecule has 0 saturated carbocycles. The second kappa shape index (κ2) is 8.08. The highest BCUT2D eigenvalue weighted by Gasteiger charge is 2.30. The molecule has 1 aromatic carbocycles. The monoisotopic (exact) mass is 374 g/mol. The van der Waals surface area contributed by atoms with E-state index in [1.165, 1.54) is 28.3 Å². The van der Waals surface area contributed by atoms with Gasteiger partial charge < -0.3 is 5.32 Å². The Balaban J connectivity index is 2.05. The molecule has 0 atom stereocenters. The van der Waals surface area contributed by atoms with Gasteiger partial charge in [-0.25, -0.2) is 0 Å². The average molecular weight is 375 g/mol. The molecular formula is C20H26N2O3S. The highest BCUT2D eigenvalue weighted by atomic mass is 32.2. The van der Waals surface area contributed by atoms with Crippen molar-refractivity contribution in [2.75, 3.05) is 17.6 Å². The smallest absolute Gasteiger partial charge is 0.244 e. The Morgan fingerprint density at radius 3 is 2.38 bits per heavy atom. The second-order valence-corrected chi connectivity index (χ2v) is 8.69. The summed E-state index contributed by atoms with van der Waals surface area (Å²) in [7, 11) is 0. The zero-order chi connectivity index (χ0) is 19.5. The maximum Gasteiger partial charge on any atom is 0.244 e. The van der Waals surface area contributed by atoms with Crippen LogP contribution in [0.2, 0.25) is 0 Å². The highest BCUT2D eigenvalue weighted by Crippen LogP contribution is 2.30. The van der Waals surface area contributed by atoms with Gasteiger partial charge in [0.1, 0.15) is 6.54 Å². The van der Waals surface area contributed by atoms with Gasteiger partial charge in [0.15, 0.2) is 5.78 Å². The minimum atomic E-state index is -0.523. The Bertz CT molecular complexity index is 730. The summed E-state index contributed by atoms with van der Waals surface area (Å²) in [6.07, 6.45) is 1.47. The van der Waals surface area contributed by atoms with Gasteiger partial charge in [-0.3, -0.25) is 19.3 Å². The largest absolute Gasteiger partial charge is 0.325 e. The van der Waals surface area contributed by atoms with E-state index in [1.54, 1.807) is 0 Å². The van der Waals surface area contributed by atoms with Crippen molar-refractivity contribution >= 4 is 35.0 Å². The van der Waals surface area contributed by atoms with Crippen LogP contribution < -0.4 is 5.32 Å². The topological polar surface area (TPSA) is 66.5 Å². The van der Waals surface area contributed by atoms with Crippen LogP contribution in [0.25, 0.3) is 0 Å². The van der Waals surface area contributed by atoms with Crippen LogP contribution in [0.1, 0.15) is 46.1 Å². The van der Waals surface area contributed by atoms with Crippen LogP contribution in [0.4, 0.5) is 5.69 Å². The number of nitrogens with zero attached hydrogens (tertiary/aromatic N) is 1. The van der Waals surface area contributed by atoms with Gasteiger partial charge in [-0.1, -0.05) is 58.5 Å². The van der Waals surface area contributed by atoms with Crippen molar-refractivity contribution in [2.45, 2.75) is 40.5 Å². The Morgan fingerprint density at radius 1 is 1.23 bits per heavy atom. The predicted molar refractivity (Wildman–Crippen MR) is 106 cm³/mol. The number of allylic oxidation sites excluding steroid dienone is 1. The lowest BCUT2D eigenvalue weighted by molar-refractivity contribution is -0.129. The summed E-state index contributed by atoms with van der Waals surface area (Å²) in [5.41, 5.74) is 1.36. The van der Waals surface area contributed by atoms with Crippen molar-refractivity contribution in [2.24, 2.45) is 5.41 Å². The lowest BCUT2D eigenvalue weighted by Crippen LogP contribution is -2.34. The summed E-state index contributed by atoms with van der Waals surface area (Å²) in [6, 6.07) is 7.66. The number of carbonyl (C=O) groups is 3. The van der Waals surface area contributed by atoms with Crippen LogP contribution in [-0.2, 0) is 14.4 Å². The van der Waals surface area contributed by atoms with Crippen LogP contribution in [0, 0.1) is 5.41 Å². The molecule has 140 valence electrons. The standard InChI is InChI=1S/C20H26N2O3S/c1-13(2)14-6-8-15(9-7-14)21-17(24)11-22-18(25)12-26-19(22)10-16(23)20(3,4)5/h6-10,13H,11-12H2,1-5H3,(H,21,24)/b19-10-. The SMILES string of the molecule is CC(C)c1ccc(NC(=O)CN2C(=O)CS/C2=C\C(=O)C(C)(C)C)cc1. The van der Waals surface area contributed by atoms with Crippen molar-refractivity contribution < 1.29 is 14.4 Å². The summed E-state index contributed by atoms with van der Waals surface area (Å²) < 4.78 is 0. The first-order valence-corrected chi connectivity index (χ1v) is 9.65. The quantitative estimate of drug-likeness (QED) is 0.797. The molecule has 1 fully saturated rings. The molecule has 6 heteroatoms. The van der Waals surface area contributed by atoms with E-state index in [9.17, 15) is 14.4 Å². The number of nitrogens with one attached hydrogen (secondary N) is 1. The fourth-order valence-corrected chi connectivity index (χ4v) is 3.26. The normalized spacial score (nSPS) is 16.5. The van der Waals surface area contributed by atoms with E-state index in [0.717, 1.165) is 0 Å². The Hall–Kier alpha value is -2.08. The number of rotatable bonds is 5. The van der Waals surface area contributed by atoms with Gasteiger partial charge in [0.05, 0.1) is 10.8 Å². The zero-order valence-electron chi connectivity index (χ0n) is 16.0. The fraction of sp³-hybridized carbons (Fsp3) is 0.450. The maximum absolute atomic E-state index is 12.3. The molecule has 5 nitrogen and oxygen atoms in total. The third-order valence-electron chi connectivity index (χ3n) is 4.07. The summed E-state index contributed by atoms with van der Waals surface area (Å²) in [4.78, 5) is 38.0. The van der Waals surface area contributed by atoms with Crippen LogP contribution in [0.15, 0.2) is 35.4 Å². The highest BCUT2D eigenvalue weighted by molar-refractivity contribution is 8.04. The van der Waals surface area contributed by atoms with Gasteiger partial charge in [0, 0.05) is 17.2 Å². The Morgan fingerprint density at radius 2 is 1.85 bits per heavy atom. The van der Waals surface area contributed by atoms with E-state index >= 15 is 0 Å². The number of ketones is 1. The predicted octanol–water partition coefficient (Wildman–Crippen LogP) is 3.78. The minimum absolute atomic E-state index is 0.0654. The molecular weight excluding hydrogens is 348 g/mol. The molecule has 0 bridgehead atoms. The molecule has 0 radical (unpaired) electrons. The first kappa shape index (κ1) is 20.2. The summed E-state index contributed by atoms with van der Waals surface area (Å²) in [5.74, 6) is 0.163. The van der Waals surface area contributed by atoms with Crippen molar-refractivity contribution in [3.63, 3.8) is 0 Å². The van der Waals surface area contributed by atoms with Crippen LogP contribution in [0.5, 0.6) is 0 Å². The van der Waals surface area contributed by atoms with E-state index in [0.29, 0.717) is 16.6 Å². The van der Waals surface area contributed by atoms with Crippen molar-refractivity contribution in [3.8, 4) is 0 Å². The molecule has 1 aliphatic heterocycles. The third-order valence-corrected chi connectivity index (χ3v) is 5.09. The molecule has 1 N–H and O–H groups in total. The summed E-state index contributed by atoms with van der Waals surface area (Å²) in [6.45, 7) is 9.60. The molecule has 0 aromatic heterocycles. The van der Waals surface area contributed by atoms with E-state index < -0.39 is 5.41 Å². The molecule has 0 spiro atoms. The van der Waals surface area contributed by atoms with E-state index in [1.807, 2.05) is 45.0 Å². The van der Waals surface area contributed by atoms with Gasteiger partial charge in [-0.15, -0.1) is 0 Å². The summed E-state index contributed by atoms with van der Waals surface area (Å²) >= 11 is 1.29. The van der Waals surface area contributed by atoms with Crippen LogP contribution in [-0.4, -0.2) is 34.8 Å². The molecule has 26 heavy (non-hydrogen) atoms. The zero-order valence-corrected chi connectivity index (χ0v) is 16.8. The number of amides is 2. The van der Waals surface area contributed by atoms with Crippen LogP contribution in [0.3, 0.4) is 0 Å². The van der Waals surface area contributed by atoms with Gasteiger partial charge in [0.25, 0.3) is 0 Å². The molecule has 0 aliphatic carbocycles. The maximum atomic E-state index is 12.3. The number of hydrogen-bond donors (Lipinski definition) is 1. The van der Waals surface area contributed by atoms with Crippen molar-refractivity contribution in [1.82, 2.24) is 4.90 Å². The lowest BCUT2D eigenvalue weighted by Gasteiger charge is -2.19. The first-order chi connectivity index (χ1) is 12.1. The molecule has 1 saturated heterocycles. The minimum Gasteiger partial charge on any atom is -0.325 e. The van der Waals surface area contributed by atoms with E-state index in [4.69, 9.17) is 0 Å². The van der Waals surface area contributed by atoms with Gasteiger partial charge in [0.2, 0.25) is 11.8 Å². The molecule has 1 aliphatic rings. The summed E-state index contributed by atoms with van der Waals surface area (Å²) in [5, 5.41) is 3.35. The lowest BCUT2D eigenvalue weighted by atomic mass is 9.91. The van der Waals surface area contributed by atoms with Crippen molar-refractivity contribution in [1.29, 1.82) is 0 Å². The van der Waals surface area contributed by atoms with Crippen molar-refractivity contribution in [3.05, 3.63) is 40.9 Å². The number of anilines is 1. The number of benzene rings is 1. The van der Waals surface area contributed by atoms with E-state index in [2.05, 4.69) is 19.2 Å². The van der Waals surface area contributed by atoms with Gasteiger partial charge in [-0.2, -0.15) is 0 Å². The number of hydrogen-bond acceptors (Lipinski definition) is 4.